The van der Waals surface area contributed by atoms with Crippen LogP contribution in [-0.2, 0) is 0 Å². The first kappa shape index (κ1) is 9.40. The third kappa shape index (κ3) is 2.68. The van der Waals surface area contributed by atoms with E-state index >= 15 is 0 Å². The molecule has 66 valence electrons. The summed E-state index contributed by atoms with van der Waals surface area (Å²) in [5.74, 6) is 2.16. The molecular weight excluding hydrogens is 154 g/mol. The fraction of sp³-hybridized carbons (Fsp3) is 1.00. The van der Waals surface area contributed by atoms with Crippen molar-refractivity contribution in [2.45, 2.75) is 37.9 Å². The minimum atomic E-state index is 0.752. The van der Waals surface area contributed by atoms with Gasteiger partial charge in [0.05, 0.1) is 0 Å². The summed E-state index contributed by atoms with van der Waals surface area (Å²) in [6.45, 7) is 3.10. The summed E-state index contributed by atoms with van der Waals surface area (Å²) in [4.78, 5) is 0. The van der Waals surface area contributed by atoms with E-state index in [2.05, 4.69) is 6.92 Å². The quantitative estimate of drug-likeness (QED) is 0.705. The van der Waals surface area contributed by atoms with Gasteiger partial charge in [0, 0.05) is 11.8 Å². The van der Waals surface area contributed by atoms with Gasteiger partial charge in [-0.1, -0.05) is 19.8 Å². The molecular formula is C9H19NS. The van der Waals surface area contributed by atoms with Crippen molar-refractivity contribution in [1.82, 2.24) is 0 Å². The molecule has 0 aromatic heterocycles. The second-order valence-electron chi connectivity index (χ2n) is 3.27. The summed E-state index contributed by atoms with van der Waals surface area (Å²) >= 11 is 2.05. The van der Waals surface area contributed by atoms with E-state index in [4.69, 9.17) is 5.73 Å². The van der Waals surface area contributed by atoms with E-state index in [1.165, 1.54) is 31.4 Å². The van der Waals surface area contributed by atoms with Crippen LogP contribution >= 0.6 is 11.8 Å². The lowest BCUT2D eigenvalue weighted by atomic mass is 10.0. The van der Waals surface area contributed by atoms with Crippen LogP contribution in [0.2, 0.25) is 0 Å². The zero-order valence-corrected chi connectivity index (χ0v) is 8.20. The van der Waals surface area contributed by atoms with E-state index in [-0.39, 0.29) is 0 Å². The fourth-order valence-electron chi connectivity index (χ4n) is 1.94. The van der Waals surface area contributed by atoms with Gasteiger partial charge in [-0.25, -0.2) is 0 Å². The summed E-state index contributed by atoms with van der Waals surface area (Å²) in [6, 6.07) is 0. The number of rotatable bonds is 4. The predicted octanol–water partition coefficient (Wildman–Crippen LogP) is 2.26. The van der Waals surface area contributed by atoms with Gasteiger partial charge in [0.25, 0.3) is 0 Å². The highest BCUT2D eigenvalue weighted by atomic mass is 32.2. The topological polar surface area (TPSA) is 26.0 Å². The lowest BCUT2D eigenvalue weighted by molar-refractivity contribution is 0.526. The Hall–Kier alpha value is 0.310. The summed E-state index contributed by atoms with van der Waals surface area (Å²) in [7, 11) is 0. The largest absolute Gasteiger partial charge is 0.329 e. The highest BCUT2D eigenvalue weighted by Gasteiger charge is 2.23. The summed E-state index contributed by atoms with van der Waals surface area (Å²) in [5, 5.41) is 0.752. The molecule has 0 bridgehead atoms. The first-order valence-corrected chi connectivity index (χ1v) is 5.75. The van der Waals surface area contributed by atoms with Gasteiger partial charge < -0.3 is 5.73 Å². The van der Waals surface area contributed by atoms with Gasteiger partial charge in [0.1, 0.15) is 0 Å². The van der Waals surface area contributed by atoms with Gasteiger partial charge in [-0.2, -0.15) is 11.8 Å². The first-order chi connectivity index (χ1) is 5.38. The summed E-state index contributed by atoms with van der Waals surface area (Å²) < 4.78 is 0. The smallest absolute Gasteiger partial charge is 0.0198 e. The second-order valence-corrected chi connectivity index (χ2v) is 4.79. The normalized spacial score (nSPS) is 22.4. The summed E-state index contributed by atoms with van der Waals surface area (Å²) in [5.41, 5.74) is 5.72. The monoisotopic (exact) mass is 173 g/mol. The number of thioether (sulfide) groups is 1. The van der Waals surface area contributed by atoms with Gasteiger partial charge in [0.15, 0.2) is 0 Å². The molecule has 2 heteroatoms. The Balaban J connectivity index is 2.27. The lowest BCUT2D eigenvalue weighted by Crippen LogP contribution is -2.24. The van der Waals surface area contributed by atoms with Gasteiger partial charge >= 0.3 is 0 Å². The molecule has 1 fully saturated rings. The molecule has 0 heterocycles. The molecule has 1 aliphatic carbocycles. The van der Waals surface area contributed by atoms with Crippen molar-refractivity contribution in [1.29, 1.82) is 0 Å². The van der Waals surface area contributed by atoms with Crippen LogP contribution in [-0.4, -0.2) is 17.5 Å². The zero-order chi connectivity index (χ0) is 8.10. The van der Waals surface area contributed by atoms with Crippen LogP contribution in [0.25, 0.3) is 0 Å². The van der Waals surface area contributed by atoms with Crippen LogP contribution in [0.4, 0.5) is 0 Å². The van der Waals surface area contributed by atoms with E-state index in [1.807, 2.05) is 11.8 Å². The lowest BCUT2D eigenvalue weighted by Gasteiger charge is -2.20. The maximum Gasteiger partial charge on any atom is 0.0198 e. The van der Waals surface area contributed by atoms with Gasteiger partial charge in [0.2, 0.25) is 0 Å². The third-order valence-corrected chi connectivity index (χ3v) is 3.88. The average molecular weight is 173 g/mol. The fourth-order valence-corrected chi connectivity index (χ4v) is 3.05. The molecule has 2 N–H and O–H groups in total. The van der Waals surface area contributed by atoms with Crippen LogP contribution in [0.3, 0.4) is 0 Å². The Kier molecular flexibility index (Phi) is 4.31. The molecule has 1 saturated carbocycles. The Labute approximate surface area is 74.1 Å². The molecule has 0 amide bonds. The van der Waals surface area contributed by atoms with Crippen LogP contribution in [0.15, 0.2) is 0 Å². The van der Waals surface area contributed by atoms with E-state index in [9.17, 15) is 0 Å². The van der Waals surface area contributed by atoms with Crippen molar-refractivity contribution in [3.63, 3.8) is 0 Å². The molecule has 0 spiro atoms. The maximum absolute atomic E-state index is 5.72. The van der Waals surface area contributed by atoms with E-state index in [0.717, 1.165) is 17.7 Å². The van der Waals surface area contributed by atoms with Crippen LogP contribution in [0.5, 0.6) is 0 Å². The van der Waals surface area contributed by atoms with Crippen LogP contribution in [0, 0.1) is 5.92 Å². The molecule has 0 aliphatic heterocycles. The molecule has 0 radical (unpaired) electrons. The Bertz CT molecular complexity index is 99.7. The second kappa shape index (κ2) is 5.04. The number of hydrogen-bond acceptors (Lipinski definition) is 2. The van der Waals surface area contributed by atoms with E-state index < -0.39 is 0 Å². The van der Waals surface area contributed by atoms with Gasteiger partial charge in [-0.15, -0.1) is 0 Å². The minimum Gasteiger partial charge on any atom is -0.329 e. The van der Waals surface area contributed by atoms with E-state index in [0.29, 0.717) is 0 Å². The standard InChI is InChI=1S/C9H19NS/c1-2-11-9(7-10)8-5-3-4-6-8/h8-9H,2-7,10H2,1H3. The molecule has 0 aromatic rings. The van der Waals surface area contributed by atoms with Gasteiger partial charge in [-0.05, 0) is 24.5 Å². The SMILES string of the molecule is CCSC(CN)C1CCCC1. The molecule has 0 saturated heterocycles. The average Bonchev–Trinajstić information content (AvgIpc) is 2.52. The number of nitrogens with two attached hydrogens (primary N) is 1. The zero-order valence-electron chi connectivity index (χ0n) is 7.38. The predicted molar refractivity (Wildman–Crippen MR) is 52.9 cm³/mol. The molecule has 0 aromatic carbocycles. The van der Waals surface area contributed by atoms with Crippen molar-refractivity contribution >= 4 is 11.8 Å². The van der Waals surface area contributed by atoms with Crippen molar-refractivity contribution in [3.05, 3.63) is 0 Å². The Morgan fingerprint density at radius 2 is 2.09 bits per heavy atom. The molecule has 1 rings (SSSR count). The maximum atomic E-state index is 5.72. The molecule has 1 nitrogen and oxygen atoms in total. The minimum absolute atomic E-state index is 0.752. The highest BCUT2D eigenvalue weighted by molar-refractivity contribution is 7.99. The Morgan fingerprint density at radius 3 is 2.55 bits per heavy atom. The van der Waals surface area contributed by atoms with Gasteiger partial charge in [-0.3, -0.25) is 0 Å². The molecule has 1 atom stereocenters. The third-order valence-electron chi connectivity index (χ3n) is 2.54. The molecule has 1 unspecified atom stereocenters. The van der Waals surface area contributed by atoms with Crippen LogP contribution in [0.1, 0.15) is 32.6 Å². The van der Waals surface area contributed by atoms with E-state index in [1.54, 1.807) is 0 Å². The molecule has 1 aliphatic rings. The van der Waals surface area contributed by atoms with Crippen molar-refractivity contribution in [2.24, 2.45) is 11.7 Å². The highest BCUT2D eigenvalue weighted by Crippen LogP contribution is 2.33. The Morgan fingerprint density at radius 1 is 1.45 bits per heavy atom. The summed E-state index contributed by atoms with van der Waals surface area (Å²) in [6.07, 6.45) is 5.72. The van der Waals surface area contributed by atoms with Crippen molar-refractivity contribution in [3.8, 4) is 0 Å². The van der Waals surface area contributed by atoms with Crippen molar-refractivity contribution in [2.75, 3.05) is 12.3 Å². The van der Waals surface area contributed by atoms with Crippen LogP contribution < -0.4 is 5.73 Å². The first-order valence-electron chi connectivity index (χ1n) is 4.70. The van der Waals surface area contributed by atoms with Crippen molar-refractivity contribution < 1.29 is 0 Å². The molecule has 11 heavy (non-hydrogen) atoms. The number of hydrogen-bond donors (Lipinski definition) is 1.